The Hall–Kier alpha value is -3.18. The minimum absolute atomic E-state index is 0.0261. The lowest BCUT2D eigenvalue weighted by molar-refractivity contribution is -0.137. The molecule has 2 saturated heterocycles. The smallest absolute Gasteiger partial charge is 0.262 e. The molecule has 2 aromatic rings. The van der Waals surface area contributed by atoms with Crippen molar-refractivity contribution in [2.75, 3.05) is 56.1 Å². The van der Waals surface area contributed by atoms with Gasteiger partial charge in [-0.05, 0) is 55.7 Å². The fourth-order valence-corrected chi connectivity index (χ4v) is 6.84. The summed E-state index contributed by atoms with van der Waals surface area (Å²) >= 11 is 0. The SMILES string of the molecule is Cc1cc2c(cc1S(=O)(=O)N1CCC[C@@H](C(=O)N3CCN(c4ccc(F)cc4)CC3)C1)OCC(=O)N2. The van der Waals surface area contributed by atoms with Gasteiger partial charge in [-0.25, -0.2) is 12.8 Å². The first kappa shape index (κ1) is 24.5. The molecule has 1 N–H and O–H groups in total. The average molecular weight is 517 g/mol. The normalized spacial score (nSPS) is 20.9. The molecule has 3 heterocycles. The van der Waals surface area contributed by atoms with Gasteiger partial charge < -0.3 is 19.9 Å². The molecular formula is C25H29FN4O5S. The summed E-state index contributed by atoms with van der Waals surface area (Å²) < 4.78 is 47.1. The third-order valence-corrected chi connectivity index (χ3v) is 9.05. The molecular weight excluding hydrogens is 487 g/mol. The van der Waals surface area contributed by atoms with Crippen molar-refractivity contribution in [3.63, 3.8) is 0 Å². The second kappa shape index (κ2) is 9.70. The van der Waals surface area contributed by atoms with Gasteiger partial charge in [-0.15, -0.1) is 0 Å². The number of sulfonamides is 1. The average Bonchev–Trinajstić information content (AvgIpc) is 2.88. The molecule has 0 spiro atoms. The highest BCUT2D eigenvalue weighted by Crippen LogP contribution is 2.35. The number of carbonyl (C=O) groups excluding carboxylic acids is 2. The van der Waals surface area contributed by atoms with E-state index in [9.17, 15) is 22.4 Å². The lowest BCUT2D eigenvalue weighted by Gasteiger charge is -2.39. The Morgan fingerprint density at radius 1 is 1.08 bits per heavy atom. The Labute approximate surface area is 209 Å². The van der Waals surface area contributed by atoms with E-state index in [2.05, 4.69) is 10.2 Å². The maximum atomic E-state index is 13.6. The number of rotatable bonds is 4. The van der Waals surface area contributed by atoms with E-state index in [4.69, 9.17) is 4.74 Å². The standard InChI is InChI=1S/C25H29FN4O5S/c1-17-13-21-22(35-16-24(31)27-21)14-23(17)36(33,34)30-8-2-3-18(15-30)25(32)29-11-9-28(10-12-29)20-6-4-19(26)5-7-20/h4-7,13-14,18H,2-3,8-12,15-16H2,1H3,(H,27,31)/t18-/m1/s1. The maximum Gasteiger partial charge on any atom is 0.262 e. The van der Waals surface area contributed by atoms with Crippen molar-refractivity contribution in [1.82, 2.24) is 9.21 Å². The van der Waals surface area contributed by atoms with Crippen LogP contribution in [0.25, 0.3) is 0 Å². The van der Waals surface area contributed by atoms with Crippen molar-refractivity contribution < 1.29 is 27.1 Å². The van der Waals surface area contributed by atoms with E-state index in [0.717, 1.165) is 5.69 Å². The van der Waals surface area contributed by atoms with Gasteiger partial charge in [0.2, 0.25) is 15.9 Å². The number of amides is 2. The van der Waals surface area contributed by atoms with Gasteiger partial charge in [-0.2, -0.15) is 4.31 Å². The molecule has 36 heavy (non-hydrogen) atoms. The number of piperazine rings is 1. The van der Waals surface area contributed by atoms with E-state index in [1.807, 2.05) is 4.90 Å². The number of anilines is 2. The highest BCUT2D eigenvalue weighted by molar-refractivity contribution is 7.89. The monoisotopic (exact) mass is 516 g/mol. The van der Waals surface area contributed by atoms with E-state index in [0.29, 0.717) is 62.6 Å². The fourth-order valence-electron chi connectivity index (χ4n) is 5.09. The summed E-state index contributed by atoms with van der Waals surface area (Å²) in [6, 6.07) is 9.38. The molecule has 1 atom stereocenters. The van der Waals surface area contributed by atoms with Gasteiger partial charge in [0, 0.05) is 51.0 Å². The molecule has 9 nitrogen and oxygen atoms in total. The zero-order valence-corrected chi connectivity index (χ0v) is 20.9. The predicted molar refractivity (Wildman–Crippen MR) is 132 cm³/mol. The molecule has 3 aliphatic heterocycles. The van der Waals surface area contributed by atoms with Crippen molar-refractivity contribution in [2.45, 2.75) is 24.7 Å². The molecule has 0 aliphatic carbocycles. The first-order valence-corrected chi connectivity index (χ1v) is 13.5. The van der Waals surface area contributed by atoms with Gasteiger partial charge >= 0.3 is 0 Å². The second-order valence-electron chi connectivity index (χ2n) is 9.44. The maximum absolute atomic E-state index is 13.6. The van der Waals surface area contributed by atoms with Crippen molar-refractivity contribution in [3.05, 3.63) is 47.8 Å². The predicted octanol–water partition coefficient (Wildman–Crippen LogP) is 2.21. The zero-order valence-electron chi connectivity index (χ0n) is 20.1. The quantitative estimate of drug-likeness (QED) is 0.669. The van der Waals surface area contributed by atoms with Crippen LogP contribution in [-0.4, -0.2) is 75.3 Å². The molecule has 2 fully saturated rings. The number of aryl methyl sites for hydroxylation is 1. The van der Waals surface area contributed by atoms with Crippen molar-refractivity contribution in [3.8, 4) is 5.75 Å². The highest BCUT2D eigenvalue weighted by atomic mass is 32.2. The van der Waals surface area contributed by atoms with Gasteiger partial charge in [-0.3, -0.25) is 9.59 Å². The van der Waals surface area contributed by atoms with Gasteiger partial charge in [-0.1, -0.05) is 0 Å². The number of piperidine rings is 1. The van der Waals surface area contributed by atoms with Crippen LogP contribution in [0.1, 0.15) is 18.4 Å². The van der Waals surface area contributed by atoms with E-state index in [1.54, 1.807) is 25.1 Å². The number of benzene rings is 2. The van der Waals surface area contributed by atoms with E-state index < -0.39 is 15.9 Å². The van der Waals surface area contributed by atoms with Crippen LogP contribution >= 0.6 is 0 Å². The Bertz CT molecular complexity index is 1280. The molecule has 0 unspecified atom stereocenters. The summed E-state index contributed by atoms with van der Waals surface area (Å²) in [7, 11) is -3.85. The number of nitrogens with zero attached hydrogens (tertiary/aromatic N) is 3. The van der Waals surface area contributed by atoms with E-state index in [1.165, 1.54) is 22.5 Å². The number of fused-ring (bicyclic) bond motifs is 1. The molecule has 2 amide bonds. The number of ether oxygens (including phenoxy) is 1. The summed E-state index contributed by atoms with van der Waals surface area (Å²) in [6.45, 7) is 4.34. The third-order valence-electron chi connectivity index (χ3n) is 7.04. The van der Waals surface area contributed by atoms with Gasteiger partial charge in [0.25, 0.3) is 5.91 Å². The minimum atomic E-state index is -3.85. The largest absolute Gasteiger partial charge is 0.482 e. The van der Waals surface area contributed by atoms with Gasteiger partial charge in [0.05, 0.1) is 16.5 Å². The lowest BCUT2D eigenvalue weighted by Crippen LogP contribution is -2.53. The molecule has 0 radical (unpaired) electrons. The number of hydrogen-bond acceptors (Lipinski definition) is 6. The highest BCUT2D eigenvalue weighted by Gasteiger charge is 2.37. The fraction of sp³-hybridized carbons (Fsp3) is 0.440. The Balaban J connectivity index is 1.26. The van der Waals surface area contributed by atoms with Crippen molar-refractivity contribution >= 4 is 33.2 Å². The van der Waals surface area contributed by atoms with Crippen molar-refractivity contribution in [1.29, 1.82) is 0 Å². The van der Waals surface area contributed by atoms with E-state index >= 15 is 0 Å². The number of halogens is 1. The topological polar surface area (TPSA) is 99.3 Å². The molecule has 11 heteroatoms. The number of nitrogens with one attached hydrogen (secondary N) is 1. The summed E-state index contributed by atoms with van der Waals surface area (Å²) in [5.41, 5.74) is 1.88. The van der Waals surface area contributed by atoms with Crippen LogP contribution in [0.5, 0.6) is 5.75 Å². The number of hydrogen-bond donors (Lipinski definition) is 1. The van der Waals surface area contributed by atoms with Gasteiger partial charge in [0.1, 0.15) is 11.6 Å². The molecule has 0 saturated carbocycles. The van der Waals surface area contributed by atoms with Crippen LogP contribution in [0.3, 0.4) is 0 Å². The zero-order chi connectivity index (χ0) is 25.4. The number of carbonyl (C=O) groups is 2. The summed E-state index contributed by atoms with van der Waals surface area (Å²) in [5.74, 6) is -0.675. The van der Waals surface area contributed by atoms with Crippen LogP contribution in [0.2, 0.25) is 0 Å². The molecule has 5 rings (SSSR count). The van der Waals surface area contributed by atoms with Crippen LogP contribution in [0, 0.1) is 18.7 Å². The van der Waals surface area contributed by atoms with Crippen LogP contribution in [0.4, 0.5) is 15.8 Å². The Kier molecular flexibility index (Phi) is 6.60. The Morgan fingerprint density at radius 2 is 1.81 bits per heavy atom. The van der Waals surface area contributed by atoms with Gasteiger partial charge in [0.15, 0.2) is 6.61 Å². The molecule has 2 aromatic carbocycles. The summed E-state index contributed by atoms with van der Waals surface area (Å²) in [5, 5.41) is 2.69. The second-order valence-corrected chi connectivity index (χ2v) is 11.3. The molecule has 0 aromatic heterocycles. The van der Waals surface area contributed by atoms with Crippen molar-refractivity contribution in [2.24, 2.45) is 5.92 Å². The third kappa shape index (κ3) is 4.77. The first-order valence-electron chi connectivity index (χ1n) is 12.1. The first-order chi connectivity index (χ1) is 17.2. The minimum Gasteiger partial charge on any atom is -0.482 e. The molecule has 0 bridgehead atoms. The van der Waals surface area contributed by atoms with Crippen LogP contribution < -0.4 is 15.0 Å². The molecule has 192 valence electrons. The van der Waals surface area contributed by atoms with Crippen LogP contribution in [-0.2, 0) is 19.6 Å². The summed E-state index contributed by atoms with van der Waals surface area (Å²) in [6.07, 6.45) is 1.24. The van der Waals surface area contributed by atoms with E-state index in [-0.39, 0.29) is 35.7 Å². The van der Waals surface area contributed by atoms with Crippen LogP contribution in [0.15, 0.2) is 41.3 Å². The lowest BCUT2D eigenvalue weighted by atomic mass is 9.97. The molecule has 3 aliphatic rings. The summed E-state index contributed by atoms with van der Waals surface area (Å²) in [4.78, 5) is 28.9. The Morgan fingerprint density at radius 3 is 2.53 bits per heavy atom.